The number of sulfonamides is 1. The van der Waals surface area contributed by atoms with E-state index in [-0.39, 0.29) is 18.8 Å². The van der Waals surface area contributed by atoms with Gasteiger partial charge in [-0.25, -0.2) is 12.8 Å². The van der Waals surface area contributed by atoms with Crippen LogP contribution in [0.25, 0.3) is 0 Å². The van der Waals surface area contributed by atoms with Crippen LogP contribution in [0.2, 0.25) is 0 Å². The normalized spacial score (nSPS) is 11.0. The van der Waals surface area contributed by atoms with Gasteiger partial charge in [0.1, 0.15) is 24.7 Å². The molecule has 0 aliphatic heterocycles. The molecule has 0 saturated carbocycles. The molecule has 2 aromatic carbocycles. The highest BCUT2D eigenvalue weighted by atomic mass is 32.2. The van der Waals surface area contributed by atoms with Crippen LogP contribution in [-0.2, 0) is 14.8 Å². The molecule has 0 fully saturated rings. The lowest BCUT2D eigenvalue weighted by molar-refractivity contribution is -0.119. The molecule has 1 N–H and O–H groups in total. The fraction of sp³-hybridized carbons (Fsp3) is 0.278. The zero-order valence-electron chi connectivity index (χ0n) is 14.6. The molecular weight excluding hydrogens is 359 g/mol. The number of anilines is 1. The highest BCUT2D eigenvalue weighted by Crippen LogP contribution is 2.20. The van der Waals surface area contributed by atoms with Crippen molar-refractivity contribution in [2.75, 3.05) is 30.3 Å². The summed E-state index contributed by atoms with van der Waals surface area (Å²) < 4.78 is 43.9. The standard InChI is InChI=1S/C18H21FN2O4S/c1-14-7-9-15(10-8-14)25-12-11-20-18(22)13-21(26(2,23)24)17-6-4-3-5-16(17)19/h3-10H,11-13H2,1-2H3,(H,20,22). The second kappa shape index (κ2) is 8.66. The third-order valence-corrected chi connectivity index (χ3v) is 4.65. The number of ether oxygens (including phenoxy) is 1. The minimum atomic E-state index is -3.81. The SMILES string of the molecule is Cc1ccc(OCCNC(=O)CN(c2ccccc2F)S(C)(=O)=O)cc1. The zero-order valence-corrected chi connectivity index (χ0v) is 15.4. The summed E-state index contributed by atoms with van der Waals surface area (Å²) in [5, 5.41) is 2.56. The fourth-order valence-corrected chi connectivity index (χ4v) is 3.07. The lowest BCUT2D eigenvalue weighted by Gasteiger charge is -2.22. The topological polar surface area (TPSA) is 75.7 Å². The van der Waals surface area contributed by atoms with Crippen LogP contribution in [0.3, 0.4) is 0 Å². The molecule has 0 saturated heterocycles. The number of nitrogens with one attached hydrogen (secondary N) is 1. The van der Waals surface area contributed by atoms with Gasteiger partial charge in [-0.3, -0.25) is 9.10 Å². The molecule has 8 heteroatoms. The molecule has 26 heavy (non-hydrogen) atoms. The molecule has 0 aliphatic carbocycles. The summed E-state index contributed by atoms with van der Waals surface area (Å²) in [6.07, 6.45) is 0.924. The second-order valence-corrected chi connectivity index (χ2v) is 7.64. The number of aryl methyl sites for hydroxylation is 1. The molecule has 2 rings (SSSR count). The Labute approximate surface area is 152 Å². The predicted octanol–water partition coefficient (Wildman–Crippen LogP) is 2.10. The molecule has 0 aliphatic rings. The van der Waals surface area contributed by atoms with Crippen LogP contribution in [-0.4, -0.2) is 40.3 Å². The van der Waals surface area contributed by atoms with E-state index in [9.17, 15) is 17.6 Å². The summed E-state index contributed by atoms with van der Waals surface area (Å²) in [7, 11) is -3.81. The van der Waals surface area contributed by atoms with Crippen LogP contribution < -0.4 is 14.4 Å². The van der Waals surface area contributed by atoms with Gasteiger partial charge in [-0.15, -0.1) is 0 Å². The number of halogens is 1. The molecule has 6 nitrogen and oxygen atoms in total. The molecule has 0 bridgehead atoms. The molecule has 0 unspecified atom stereocenters. The van der Waals surface area contributed by atoms with E-state index in [4.69, 9.17) is 4.74 Å². The van der Waals surface area contributed by atoms with Crippen LogP contribution in [0, 0.1) is 12.7 Å². The van der Waals surface area contributed by atoms with Gasteiger partial charge in [-0.2, -0.15) is 0 Å². The van der Waals surface area contributed by atoms with Crippen LogP contribution in [0.4, 0.5) is 10.1 Å². The van der Waals surface area contributed by atoms with E-state index in [0.29, 0.717) is 5.75 Å². The minimum absolute atomic E-state index is 0.166. The maximum Gasteiger partial charge on any atom is 0.240 e. The molecular formula is C18H21FN2O4S. The Morgan fingerprint density at radius 1 is 1.15 bits per heavy atom. The third-order valence-electron chi connectivity index (χ3n) is 3.52. The van der Waals surface area contributed by atoms with E-state index in [1.807, 2.05) is 31.2 Å². The van der Waals surface area contributed by atoms with Crippen molar-refractivity contribution in [1.82, 2.24) is 5.32 Å². The van der Waals surface area contributed by atoms with Crippen molar-refractivity contribution in [3.63, 3.8) is 0 Å². The maximum atomic E-state index is 13.9. The van der Waals surface area contributed by atoms with E-state index >= 15 is 0 Å². The number of amides is 1. The first-order valence-corrected chi connectivity index (χ1v) is 9.80. The molecule has 0 heterocycles. The Kier molecular flexibility index (Phi) is 6.57. The van der Waals surface area contributed by atoms with E-state index in [1.54, 1.807) is 0 Å². The van der Waals surface area contributed by atoms with Gasteiger partial charge < -0.3 is 10.1 Å². The Morgan fingerprint density at radius 3 is 2.42 bits per heavy atom. The Bertz CT molecular complexity index is 854. The van der Waals surface area contributed by atoms with E-state index < -0.39 is 28.3 Å². The minimum Gasteiger partial charge on any atom is -0.492 e. The molecule has 1 amide bonds. The average Bonchev–Trinajstić information content (AvgIpc) is 2.58. The number of para-hydroxylation sites is 1. The molecule has 0 spiro atoms. The Balaban J connectivity index is 1.89. The van der Waals surface area contributed by atoms with Gasteiger partial charge in [0.05, 0.1) is 18.5 Å². The molecule has 140 valence electrons. The molecule has 0 aromatic heterocycles. The number of benzene rings is 2. The van der Waals surface area contributed by atoms with Gasteiger partial charge in [0, 0.05) is 0 Å². The lowest BCUT2D eigenvalue weighted by atomic mass is 10.2. The van der Waals surface area contributed by atoms with Crippen LogP contribution >= 0.6 is 0 Å². The Hall–Kier alpha value is -2.61. The number of rotatable bonds is 8. The third kappa shape index (κ3) is 5.73. The molecule has 0 radical (unpaired) electrons. The summed E-state index contributed by atoms with van der Waals surface area (Å²) in [6.45, 7) is 1.88. The second-order valence-electron chi connectivity index (χ2n) is 5.73. The van der Waals surface area contributed by atoms with E-state index in [1.165, 1.54) is 18.2 Å². The summed E-state index contributed by atoms with van der Waals surface area (Å²) in [5.74, 6) is -0.589. The van der Waals surface area contributed by atoms with Crippen molar-refractivity contribution in [2.24, 2.45) is 0 Å². The fourth-order valence-electron chi connectivity index (χ4n) is 2.22. The van der Waals surface area contributed by atoms with Gasteiger partial charge in [-0.1, -0.05) is 29.8 Å². The number of hydrogen-bond acceptors (Lipinski definition) is 4. The number of nitrogens with zero attached hydrogens (tertiary/aromatic N) is 1. The number of hydrogen-bond donors (Lipinski definition) is 1. The van der Waals surface area contributed by atoms with Crippen molar-refractivity contribution in [3.8, 4) is 5.75 Å². The first kappa shape index (κ1) is 19.7. The summed E-state index contributed by atoms with van der Waals surface area (Å²) in [5.41, 5.74) is 0.945. The van der Waals surface area contributed by atoms with Gasteiger partial charge in [0.15, 0.2) is 0 Å². The highest BCUT2D eigenvalue weighted by molar-refractivity contribution is 7.92. The molecule has 0 atom stereocenters. The lowest BCUT2D eigenvalue weighted by Crippen LogP contribution is -2.41. The van der Waals surface area contributed by atoms with Crippen molar-refractivity contribution >= 4 is 21.6 Å². The largest absolute Gasteiger partial charge is 0.492 e. The van der Waals surface area contributed by atoms with Crippen molar-refractivity contribution in [1.29, 1.82) is 0 Å². The average molecular weight is 380 g/mol. The quantitative estimate of drug-likeness (QED) is 0.712. The van der Waals surface area contributed by atoms with Gasteiger partial charge >= 0.3 is 0 Å². The van der Waals surface area contributed by atoms with E-state index in [0.717, 1.165) is 22.2 Å². The van der Waals surface area contributed by atoms with Gasteiger partial charge in [0.25, 0.3) is 0 Å². The van der Waals surface area contributed by atoms with Crippen LogP contribution in [0.5, 0.6) is 5.75 Å². The Morgan fingerprint density at radius 2 is 1.81 bits per heavy atom. The number of carbonyl (C=O) groups excluding carboxylic acids is 1. The van der Waals surface area contributed by atoms with Gasteiger partial charge in [-0.05, 0) is 31.2 Å². The monoisotopic (exact) mass is 380 g/mol. The summed E-state index contributed by atoms with van der Waals surface area (Å²) >= 11 is 0. The maximum absolute atomic E-state index is 13.9. The predicted molar refractivity (Wildman–Crippen MR) is 98.3 cm³/mol. The van der Waals surface area contributed by atoms with Crippen molar-refractivity contribution < 1.29 is 22.3 Å². The smallest absolute Gasteiger partial charge is 0.240 e. The summed E-state index contributed by atoms with van der Waals surface area (Å²) in [6, 6.07) is 12.9. The number of carbonyl (C=O) groups is 1. The van der Waals surface area contributed by atoms with Crippen molar-refractivity contribution in [2.45, 2.75) is 6.92 Å². The van der Waals surface area contributed by atoms with Crippen LogP contribution in [0.1, 0.15) is 5.56 Å². The highest BCUT2D eigenvalue weighted by Gasteiger charge is 2.23. The van der Waals surface area contributed by atoms with E-state index in [2.05, 4.69) is 5.32 Å². The van der Waals surface area contributed by atoms with Gasteiger partial charge in [0.2, 0.25) is 15.9 Å². The first-order valence-electron chi connectivity index (χ1n) is 7.96. The zero-order chi connectivity index (χ0) is 19.2. The first-order chi connectivity index (χ1) is 12.3. The van der Waals surface area contributed by atoms with Crippen LogP contribution in [0.15, 0.2) is 48.5 Å². The van der Waals surface area contributed by atoms with Crippen molar-refractivity contribution in [3.05, 3.63) is 59.9 Å². The summed E-state index contributed by atoms with van der Waals surface area (Å²) in [4.78, 5) is 12.0. The molecule has 2 aromatic rings.